The molecule has 0 radical (unpaired) electrons. The molecule has 0 aliphatic carbocycles. The normalized spacial score (nSPS) is 16.8. The predicted octanol–water partition coefficient (Wildman–Crippen LogP) is 3.44. The van der Waals surface area contributed by atoms with Gasteiger partial charge in [0, 0.05) is 50.8 Å². The van der Waals surface area contributed by atoms with Crippen molar-refractivity contribution >= 4 is 11.6 Å². The molecule has 1 aliphatic rings. The number of benzene rings is 1. The minimum Gasteiger partial charge on any atom is -0.372 e. The molecule has 0 spiro atoms. The molecule has 0 amide bonds. The van der Waals surface area contributed by atoms with E-state index in [-0.39, 0.29) is 6.04 Å². The van der Waals surface area contributed by atoms with Crippen molar-refractivity contribution in [3.63, 3.8) is 0 Å². The van der Waals surface area contributed by atoms with E-state index in [0.717, 1.165) is 25.6 Å². The van der Waals surface area contributed by atoms with E-state index in [9.17, 15) is 0 Å². The Morgan fingerprint density at radius 2 is 2.04 bits per heavy atom. The van der Waals surface area contributed by atoms with Gasteiger partial charge in [0.05, 0.1) is 6.04 Å². The molecule has 3 rings (SSSR count). The van der Waals surface area contributed by atoms with Crippen LogP contribution in [0.4, 0.5) is 5.69 Å². The molecule has 1 aliphatic heterocycles. The number of hydrogen-bond acceptors (Lipinski definition) is 3. The van der Waals surface area contributed by atoms with Crippen LogP contribution in [0.5, 0.6) is 0 Å². The standard InChI is InChI=1S/C22H34N6/c1-4-23-22(24-16-18(2)17-28-14-8-11-25-28)26-19(3)20-9-7-10-21(15-20)27-12-5-6-13-27/h7-11,14-15,18-19H,4-6,12-13,16-17H2,1-3H3,(H2,23,24,26). The highest BCUT2D eigenvalue weighted by molar-refractivity contribution is 5.80. The Morgan fingerprint density at radius 3 is 2.75 bits per heavy atom. The molecule has 2 N–H and O–H groups in total. The van der Waals surface area contributed by atoms with Crippen molar-refractivity contribution in [2.24, 2.45) is 10.9 Å². The van der Waals surface area contributed by atoms with Crippen LogP contribution < -0.4 is 15.5 Å². The van der Waals surface area contributed by atoms with Crippen LogP contribution in [0.3, 0.4) is 0 Å². The Kier molecular flexibility index (Phi) is 7.34. The lowest BCUT2D eigenvalue weighted by Gasteiger charge is -2.22. The van der Waals surface area contributed by atoms with Crippen LogP contribution in [0.25, 0.3) is 0 Å². The summed E-state index contributed by atoms with van der Waals surface area (Å²) in [5.41, 5.74) is 2.62. The number of aliphatic imine (C=N–C) groups is 1. The second-order valence-electron chi connectivity index (χ2n) is 7.71. The van der Waals surface area contributed by atoms with E-state index in [1.165, 1.54) is 37.2 Å². The van der Waals surface area contributed by atoms with Crippen molar-refractivity contribution in [2.75, 3.05) is 31.1 Å². The van der Waals surface area contributed by atoms with Gasteiger partial charge in [-0.15, -0.1) is 0 Å². The molecule has 1 aromatic carbocycles. The summed E-state index contributed by atoms with van der Waals surface area (Å²) in [6.07, 6.45) is 6.41. The molecule has 6 heteroatoms. The first-order chi connectivity index (χ1) is 13.7. The van der Waals surface area contributed by atoms with E-state index in [2.05, 4.69) is 65.7 Å². The maximum Gasteiger partial charge on any atom is 0.191 e. The van der Waals surface area contributed by atoms with Crippen LogP contribution in [-0.4, -0.2) is 41.9 Å². The van der Waals surface area contributed by atoms with Crippen LogP contribution in [0.1, 0.15) is 45.2 Å². The molecule has 0 saturated carbocycles. The molecule has 2 heterocycles. The highest BCUT2D eigenvalue weighted by Gasteiger charge is 2.14. The van der Waals surface area contributed by atoms with Gasteiger partial charge in [-0.3, -0.25) is 9.67 Å². The van der Waals surface area contributed by atoms with E-state index in [0.29, 0.717) is 5.92 Å². The first-order valence-corrected chi connectivity index (χ1v) is 10.5. The maximum atomic E-state index is 4.80. The van der Waals surface area contributed by atoms with Crippen molar-refractivity contribution in [1.29, 1.82) is 0 Å². The zero-order valence-corrected chi connectivity index (χ0v) is 17.4. The monoisotopic (exact) mass is 382 g/mol. The number of nitrogens with one attached hydrogen (secondary N) is 2. The molecule has 2 atom stereocenters. The summed E-state index contributed by atoms with van der Waals surface area (Å²) in [4.78, 5) is 7.28. The van der Waals surface area contributed by atoms with Gasteiger partial charge in [-0.05, 0) is 56.4 Å². The van der Waals surface area contributed by atoms with Gasteiger partial charge in [-0.2, -0.15) is 5.10 Å². The Labute approximate surface area is 169 Å². The van der Waals surface area contributed by atoms with Crippen LogP contribution in [0, 0.1) is 5.92 Å². The minimum atomic E-state index is 0.196. The zero-order valence-electron chi connectivity index (χ0n) is 17.4. The van der Waals surface area contributed by atoms with E-state index in [1.54, 1.807) is 0 Å². The lowest BCUT2D eigenvalue weighted by atomic mass is 10.1. The van der Waals surface area contributed by atoms with Gasteiger partial charge >= 0.3 is 0 Å². The van der Waals surface area contributed by atoms with Gasteiger partial charge in [0.15, 0.2) is 5.96 Å². The predicted molar refractivity (Wildman–Crippen MR) is 117 cm³/mol. The van der Waals surface area contributed by atoms with E-state index < -0.39 is 0 Å². The van der Waals surface area contributed by atoms with E-state index in [4.69, 9.17) is 4.99 Å². The fraction of sp³-hybridized carbons (Fsp3) is 0.545. The lowest BCUT2D eigenvalue weighted by Crippen LogP contribution is -2.39. The average molecular weight is 383 g/mol. The van der Waals surface area contributed by atoms with Crippen molar-refractivity contribution in [1.82, 2.24) is 20.4 Å². The van der Waals surface area contributed by atoms with Gasteiger partial charge in [-0.1, -0.05) is 19.1 Å². The quantitative estimate of drug-likeness (QED) is 0.542. The summed E-state index contributed by atoms with van der Waals surface area (Å²) in [7, 11) is 0. The first-order valence-electron chi connectivity index (χ1n) is 10.5. The molecule has 152 valence electrons. The average Bonchev–Trinajstić information content (AvgIpc) is 3.40. The lowest BCUT2D eigenvalue weighted by molar-refractivity contribution is 0.458. The van der Waals surface area contributed by atoms with Crippen molar-refractivity contribution in [3.05, 3.63) is 48.3 Å². The number of rotatable bonds is 8. The molecular formula is C22H34N6. The van der Waals surface area contributed by atoms with Crippen molar-refractivity contribution < 1.29 is 0 Å². The van der Waals surface area contributed by atoms with Crippen LogP contribution in [0.2, 0.25) is 0 Å². The smallest absolute Gasteiger partial charge is 0.191 e. The number of guanidine groups is 1. The summed E-state index contributed by atoms with van der Waals surface area (Å²) < 4.78 is 1.97. The summed E-state index contributed by atoms with van der Waals surface area (Å²) in [6, 6.07) is 11.0. The van der Waals surface area contributed by atoms with Crippen LogP contribution >= 0.6 is 0 Å². The Balaban J connectivity index is 1.60. The van der Waals surface area contributed by atoms with E-state index in [1.807, 2.05) is 23.1 Å². The third-order valence-electron chi connectivity index (χ3n) is 5.16. The highest BCUT2D eigenvalue weighted by atomic mass is 15.3. The maximum absolute atomic E-state index is 4.80. The molecule has 6 nitrogen and oxygen atoms in total. The van der Waals surface area contributed by atoms with Gasteiger partial charge in [0.1, 0.15) is 0 Å². The fourth-order valence-electron chi connectivity index (χ4n) is 3.61. The summed E-state index contributed by atoms with van der Waals surface area (Å²) >= 11 is 0. The fourth-order valence-corrected chi connectivity index (χ4v) is 3.61. The second-order valence-corrected chi connectivity index (χ2v) is 7.71. The van der Waals surface area contributed by atoms with Gasteiger partial charge in [0.25, 0.3) is 0 Å². The van der Waals surface area contributed by atoms with Gasteiger partial charge in [0.2, 0.25) is 0 Å². The highest BCUT2D eigenvalue weighted by Crippen LogP contribution is 2.23. The Hall–Kier alpha value is -2.50. The zero-order chi connectivity index (χ0) is 19.8. The van der Waals surface area contributed by atoms with Gasteiger partial charge in [-0.25, -0.2) is 0 Å². The molecular weight excluding hydrogens is 348 g/mol. The SMILES string of the molecule is CCNC(=NCC(C)Cn1cccn1)NC(C)c1cccc(N2CCCC2)c1. The van der Waals surface area contributed by atoms with Crippen molar-refractivity contribution in [3.8, 4) is 0 Å². The first kappa shape index (κ1) is 20.2. The van der Waals surface area contributed by atoms with Crippen molar-refractivity contribution in [2.45, 2.75) is 46.2 Å². The topological polar surface area (TPSA) is 57.5 Å². The molecule has 2 aromatic rings. The Bertz CT molecular complexity index is 733. The number of hydrogen-bond donors (Lipinski definition) is 2. The molecule has 1 saturated heterocycles. The number of nitrogens with zero attached hydrogens (tertiary/aromatic N) is 4. The molecule has 2 unspecified atom stereocenters. The third kappa shape index (κ3) is 5.75. The summed E-state index contributed by atoms with van der Waals surface area (Å²) in [6.45, 7) is 11.3. The number of aromatic nitrogens is 2. The Morgan fingerprint density at radius 1 is 1.21 bits per heavy atom. The molecule has 1 fully saturated rings. The minimum absolute atomic E-state index is 0.196. The third-order valence-corrected chi connectivity index (χ3v) is 5.16. The number of anilines is 1. The van der Waals surface area contributed by atoms with Crippen LogP contribution in [-0.2, 0) is 6.54 Å². The molecule has 0 bridgehead atoms. The van der Waals surface area contributed by atoms with Crippen LogP contribution in [0.15, 0.2) is 47.7 Å². The largest absolute Gasteiger partial charge is 0.372 e. The molecule has 1 aromatic heterocycles. The van der Waals surface area contributed by atoms with Gasteiger partial charge < -0.3 is 15.5 Å². The molecule has 28 heavy (non-hydrogen) atoms. The summed E-state index contributed by atoms with van der Waals surface area (Å²) in [5, 5.41) is 11.2. The second kappa shape index (κ2) is 10.2. The summed E-state index contributed by atoms with van der Waals surface area (Å²) in [5.74, 6) is 1.29. The van der Waals surface area contributed by atoms with E-state index >= 15 is 0 Å².